The lowest BCUT2D eigenvalue weighted by Gasteiger charge is -2.48. The van der Waals surface area contributed by atoms with Crippen LogP contribution in [0.1, 0.15) is 258 Å². The Balaban J connectivity index is 1.45. The van der Waals surface area contributed by atoms with Crippen LogP contribution >= 0.6 is 0 Å². The quantitative estimate of drug-likeness (QED) is 0.0199. The van der Waals surface area contributed by atoms with Gasteiger partial charge in [0.25, 0.3) is 0 Å². The summed E-state index contributed by atoms with van der Waals surface area (Å²) < 4.78 is 34.4. The van der Waals surface area contributed by atoms with Gasteiger partial charge >= 0.3 is 0 Å². The van der Waals surface area contributed by atoms with Crippen LogP contribution in [0.4, 0.5) is 0 Å². The van der Waals surface area contributed by atoms with E-state index >= 15 is 0 Å². The molecule has 17 unspecified atom stereocenters. The Bertz CT molecular complexity index is 1890. The van der Waals surface area contributed by atoms with Gasteiger partial charge in [-0.05, 0) is 70.6 Å². The molecule has 0 radical (unpaired) electrons. The maximum atomic E-state index is 13.4. The molecule has 530 valence electrons. The Kier molecular flexibility index (Phi) is 48.7. The highest BCUT2D eigenvalue weighted by molar-refractivity contribution is 5.76. The summed E-state index contributed by atoms with van der Waals surface area (Å²) in [6.07, 6.45) is 39.1. The van der Waals surface area contributed by atoms with E-state index in [1.807, 2.05) is 6.08 Å². The van der Waals surface area contributed by atoms with Crippen molar-refractivity contribution in [3.8, 4) is 0 Å². The van der Waals surface area contributed by atoms with Gasteiger partial charge in [0, 0.05) is 6.42 Å². The first-order chi connectivity index (χ1) is 44.3. The van der Waals surface area contributed by atoms with Crippen LogP contribution in [0.15, 0.2) is 60.8 Å². The molecule has 3 heterocycles. The molecule has 0 aliphatic carbocycles. The van der Waals surface area contributed by atoms with Gasteiger partial charge in [-0.3, -0.25) is 4.79 Å². The molecule has 12 N–H and O–H groups in total. The number of allylic oxidation sites excluding steroid dienone is 9. The highest BCUT2D eigenvalue weighted by atomic mass is 16.8. The maximum absolute atomic E-state index is 13.4. The number of aliphatic hydroxyl groups is 11. The van der Waals surface area contributed by atoms with Crippen LogP contribution in [0.25, 0.3) is 0 Å². The predicted octanol–water partition coefficient (Wildman–Crippen LogP) is 9.94. The molecule has 0 aromatic heterocycles. The average Bonchev–Trinajstić information content (AvgIpc) is 0.883. The lowest BCUT2D eigenvalue weighted by Crippen LogP contribution is -2.66. The molecule has 0 bridgehead atoms. The lowest BCUT2D eigenvalue weighted by molar-refractivity contribution is -0.379. The third kappa shape index (κ3) is 35.4. The van der Waals surface area contributed by atoms with Crippen LogP contribution in [-0.4, -0.2) is 193 Å². The summed E-state index contributed by atoms with van der Waals surface area (Å²) in [4.78, 5) is 13.4. The second-order valence-electron chi connectivity index (χ2n) is 25.7. The van der Waals surface area contributed by atoms with Crippen LogP contribution in [0, 0.1) is 0 Å². The molecular formula is C72H129NO18. The van der Waals surface area contributed by atoms with Gasteiger partial charge in [0.2, 0.25) is 5.91 Å². The van der Waals surface area contributed by atoms with Crippen LogP contribution in [0.3, 0.4) is 0 Å². The average molecular weight is 1300 g/mol. The van der Waals surface area contributed by atoms with Crippen molar-refractivity contribution in [3.05, 3.63) is 60.8 Å². The monoisotopic (exact) mass is 1300 g/mol. The number of ether oxygens (including phenoxy) is 6. The first-order valence-corrected chi connectivity index (χ1v) is 36.0. The minimum atomic E-state index is -1.98. The van der Waals surface area contributed by atoms with Crippen molar-refractivity contribution < 1.29 is 89.4 Å². The van der Waals surface area contributed by atoms with E-state index in [2.05, 4.69) is 67.8 Å². The van der Waals surface area contributed by atoms with Crippen molar-refractivity contribution in [2.75, 3.05) is 26.4 Å². The lowest BCUT2D eigenvalue weighted by atomic mass is 9.96. The van der Waals surface area contributed by atoms with Gasteiger partial charge in [-0.25, -0.2) is 0 Å². The Morgan fingerprint density at radius 1 is 0.396 bits per heavy atom. The van der Waals surface area contributed by atoms with E-state index in [1.54, 1.807) is 6.08 Å². The molecule has 3 aliphatic rings. The zero-order valence-corrected chi connectivity index (χ0v) is 56.1. The van der Waals surface area contributed by atoms with Crippen molar-refractivity contribution in [2.24, 2.45) is 0 Å². The van der Waals surface area contributed by atoms with Gasteiger partial charge in [0.05, 0.1) is 38.6 Å². The summed E-state index contributed by atoms with van der Waals surface area (Å²) >= 11 is 0. The fourth-order valence-corrected chi connectivity index (χ4v) is 11.9. The Labute approximate surface area is 547 Å². The van der Waals surface area contributed by atoms with Gasteiger partial charge in [-0.15, -0.1) is 0 Å². The SMILES string of the molecule is CCCCCCC/C=C\C/C=C\C/C=C\CCCCCCCCCCC(=O)NC(COC1OC(CO)C(OC2OC(CO)C(OC3OC(CO)C(O)C(O)C3O)C(O)C2O)C(O)C1O)C(O)/C=C/CC/C=C/CCCCCCCCCCCCCCCCCCC. The first kappa shape index (κ1) is 82.7. The molecule has 3 aliphatic heterocycles. The fraction of sp³-hybridized carbons (Fsp3) is 0.847. The number of aliphatic hydroxyl groups excluding tert-OH is 11. The summed E-state index contributed by atoms with van der Waals surface area (Å²) in [6.45, 7) is 1.71. The zero-order valence-electron chi connectivity index (χ0n) is 56.1. The second-order valence-corrected chi connectivity index (χ2v) is 25.7. The minimum absolute atomic E-state index is 0.225. The van der Waals surface area contributed by atoms with Crippen molar-refractivity contribution in [1.82, 2.24) is 5.32 Å². The third-order valence-electron chi connectivity index (χ3n) is 17.8. The molecule has 1 amide bonds. The molecule has 0 saturated carbocycles. The first-order valence-electron chi connectivity index (χ1n) is 36.0. The smallest absolute Gasteiger partial charge is 0.220 e. The third-order valence-corrected chi connectivity index (χ3v) is 17.8. The van der Waals surface area contributed by atoms with Crippen molar-refractivity contribution in [1.29, 1.82) is 0 Å². The van der Waals surface area contributed by atoms with Crippen LogP contribution < -0.4 is 5.32 Å². The van der Waals surface area contributed by atoms with Crippen molar-refractivity contribution in [3.63, 3.8) is 0 Å². The predicted molar refractivity (Wildman–Crippen MR) is 355 cm³/mol. The molecule has 0 aromatic carbocycles. The molecule has 3 fully saturated rings. The van der Waals surface area contributed by atoms with Crippen molar-refractivity contribution in [2.45, 2.75) is 362 Å². The van der Waals surface area contributed by atoms with E-state index in [0.717, 1.165) is 64.2 Å². The molecular weight excluding hydrogens is 1170 g/mol. The van der Waals surface area contributed by atoms with E-state index in [4.69, 9.17) is 28.4 Å². The zero-order chi connectivity index (χ0) is 66.1. The van der Waals surface area contributed by atoms with E-state index in [0.29, 0.717) is 12.8 Å². The summed E-state index contributed by atoms with van der Waals surface area (Å²) in [5, 5.41) is 121. The van der Waals surface area contributed by atoms with Crippen LogP contribution in [0.2, 0.25) is 0 Å². The summed E-state index contributed by atoms with van der Waals surface area (Å²) in [5.41, 5.74) is 0. The largest absolute Gasteiger partial charge is 0.394 e. The summed E-state index contributed by atoms with van der Waals surface area (Å²) in [6, 6.07) is -0.998. The number of hydrogen-bond donors (Lipinski definition) is 12. The van der Waals surface area contributed by atoms with Gasteiger partial charge < -0.3 is 89.9 Å². The molecule has 91 heavy (non-hydrogen) atoms. The van der Waals surface area contributed by atoms with Crippen LogP contribution in [-0.2, 0) is 33.2 Å². The fourth-order valence-electron chi connectivity index (χ4n) is 11.9. The molecule has 19 heteroatoms. The van der Waals surface area contributed by atoms with Crippen molar-refractivity contribution >= 4 is 5.91 Å². The Morgan fingerprint density at radius 2 is 0.736 bits per heavy atom. The standard InChI is InChI=1S/C72H129NO18/c1-3-5-7-9-11-13-15-17-19-21-23-25-27-29-31-33-35-37-39-41-43-45-47-49-56(77)55(73-60(78)50-48-46-44-42-40-38-36-34-32-30-28-26-24-22-20-18-16-14-12-10-8-6-4-2)54-86-70-66(84)63(81)68(58(52-75)88-70)91-72-67(85)64(82)69(59(53-76)89-72)90-71-65(83)62(80)61(79)57(51-74)87-71/h16,18,22,24,28,30,39,41,47,49,55-59,61-72,74-77,79-85H,3-15,17,19-21,23,25-27,29,31-38,40,42-46,48,50-54H2,1-2H3,(H,73,78)/b18-16-,24-22-,30-28-,41-39+,49-47+. The number of rotatable bonds is 55. The molecule has 3 rings (SSSR count). The van der Waals surface area contributed by atoms with E-state index in [1.165, 1.54) is 161 Å². The number of carbonyl (C=O) groups excluding carboxylic acids is 1. The van der Waals surface area contributed by atoms with E-state index in [-0.39, 0.29) is 18.9 Å². The number of hydrogen-bond acceptors (Lipinski definition) is 18. The second kappa shape index (κ2) is 53.6. The maximum Gasteiger partial charge on any atom is 0.220 e. The Morgan fingerprint density at radius 3 is 1.18 bits per heavy atom. The number of carbonyl (C=O) groups is 1. The van der Waals surface area contributed by atoms with E-state index in [9.17, 15) is 61.0 Å². The molecule has 0 aromatic rings. The number of nitrogens with one attached hydrogen (secondary N) is 1. The van der Waals surface area contributed by atoms with Gasteiger partial charge in [0.1, 0.15) is 73.2 Å². The molecule has 0 spiro atoms. The molecule has 17 atom stereocenters. The van der Waals surface area contributed by atoms with Gasteiger partial charge in [0.15, 0.2) is 18.9 Å². The topological polar surface area (TPSA) is 307 Å². The molecule has 3 saturated heterocycles. The number of amides is 1. The molecule has 19 nitrogen and oxygen atoms in total. The highest BCUT2D eigenvalue weighted by Gasteiger charge is 2.53. The van der Waals surface area contributed by atoms with Gasteiger partial charge in [-0.1, -0.05) is 242 Å². The van der Waals surface area contributed by atoms with Crippen LogP contribution in [0.5, 0.6) is 0 Å². The normalized spacial score (nSPS) is 28.2. The van der Waals surface area contributed by atoms with Gasteiger partial charge in [-0.2, -0.15) is 0 Å². The highest BCUT2D eigenvalue weighted by Crippen LogP contribution is 2.33. The summed E-state index contributed by atoms with van der Waals surface area (Å²) in [7, 11) is 0. The van der Waals surface area contributed by atoms with E-state index < -0.39 is 124 Å². The number of unbranched alkanes of at least 4 members (excludes halogenated alkanes) is 31. The minimum Gasteiger partial charge on any atom is -0.394 e. The summed E-state index contributed by atoms with van der Waals surface area (Å²) in [5.74, 6) is -0.292. The Hall–Kier alpha value is -2.51.